The van der Waals surface area contributed by atoms with Gasteiger partial charge in [-0.1, -0.05) is 44.2 Å². The Hall–Kier alpha value is -1.60. The quantitative estimate of drug-likeness (QED) is 0.567. The van der Waals surface area contributed by atoms with Gasteiger partial charge in [0.15, 0.2) is 5.96 Å². The summed E-state index contributed by atoms with van der Waals surface area (Å²) in [6.07, 6.45) is 0.724. The highest BCUT2D eigenvalue weighted by Gasteiger charge is 2.27. The van der Waals surface area contributed by atoms with Gasteiger partial charge in [-0.25, -0.2) is 12.7 Å². The van der Waals surface area contributed by atoms with Crippen LogP contribution in [0.4, 0.5) is 0 Å². The van der Waals surface area contributed by atoms with Crippen molar-refractivity contribution >= 4 is 16.0 Å². The minimum Gasteiger partial charge on any atom is -0.357 e. The van der Waals surface area contributed by atoms with Crippen LogP contribution in [0.5, 0.6) is 0 Å². The van der Waals surface area contributed by atoms with Gasteiger partial charge in [-0.15, -0.1) is 0 Å². The van der Waals surface area contributed by atoms with Crippen LogP contribution in [0.3, 0.4) is 0 Å². The maximum atomic E-state index is 11.8. The third-order valence-corrected chi connectivity index (χ3v) is 6.35. The van der Waals surface area contributed by atoms with E-state index in [0.717, 1.165) is 18.9 Å². The topological polar surface area (TPSA) is 73.8 Å². The fourth-order valence-corrected chi connectivity index (χ4v) is 4.37. The second-order valence-corrected chi connectivity index (χ2v) is 9.03. The van der Waals surface area contributed by atoms with Crippen LogP contribution in [-0.2, 0) is 15.4 Å². The highest BCUT2D eigenvalue weighted by molar-refractivity contribution is 7.89. The lowest BCUT2D eigenvalue weighted by atomic mass is 9.85. The number of aliphatic imine (C=N–C) groups is 1. The standard InChI is InChI=1S/C18H30N4O2S/c1-4-19-17(20-11-13-22-12-8-14-25(22,23)24)21-15-18(2,3)16-9-6-5-7-10-16/h5-7,9-10H,4,8,11-15H2,1-3H3,(H2,19,20,21). The van der Waals surface area contributed by atoms with E-state index in [1.807, 2.05) is 25.1 Å². The third kappa shape index (κ3) is 5.71. The van der Waals surface area contributed by atoms with Crippen LogP contribution in [-0.4, -0.2) is 57.2 Å². The smallest absolute Gasteiger partial charge is 0.214 e. The monoisotopic (exact) mass is 366 g/mol. The number of sulfonamides is 1. The molecule has 0 radical (unpaired) electrons. The van der Waals surface area contributed by atoms with Crippen molar-refractivity contribution in [2.45, 2.75) is 32.6 Å². The van der Waals surface area contributed by atoms with Gasteiger partial charge in [-0.2, -0.15) is 0 Å². The van der Waals surface area contributed by atoms with E-state index in [1.54, 1.807) is 4.31 Å². The van der Waals surface area contributed by atoms with Crippen LogP contribution in [0.15, 0.2) is 35.3 Å². The van der Waals surface area contributed by atoms with Crippen LogP contribution in [0.25, 0.3) is 0 Å². The highest BCUT2D eigenvalue weighted by Crippen LogP contribution is 2.22. The van der Waals surface area contributed by atoms with E-state index in [2.05, 4.69) is 41.6 Å². The maximum Gasteiger partial charge on any atom is 0.214 e. The minimum atomic E-state index is -3.04. The molecule has 2 rings (SSSR count). The molecule has 140 valence electrons. The molecule has 0 aromatic heterocycles. The Morgan fingerprint density at radius 2 is 1.96 bits per heavy atom. The lowest BCUT2D eigenvalue weighted by Crippen LogP contribution is -2.42. The summed E-state index contributed by atoms with van der Waals surface area (Å²) in [5.41, 5.74) is 1.18. The van der Waals surface area contributed by atoms with Crippen LogP contribution in [0.1, 0.15) is 32.8 Å². The molecule has 1 heterocycles. The van der Waals surface area contributed by atoms with Gasteiger partial charge in [0.2, 0.25) is 10.0 Å². The van der Waals surface area contributed by atoms with Gasteiger partial charge in [-0.3, -0.25) is 4.99 Å². The fourth-order valence-electron chi connectivity index (χ4n) is 2.84. The van der Waals surface area contributed by atoms with Crippen molar-refractivity contribution in [3.8, 4) is 0 Å². The largest absolute Gasteiger partial charge is 0.357 e. The van der Waals surface area contributed by atoms with Crippen molar-refractivity contribution in [1.82, 2.24) is 14.9 Å². The molecule has 1 aromatic carbocycles. The molecule has 0 atom stereocenters. The molecular weight excluding hydrogens is 336 g/mol. The zero-order valence-electron chi connectivity index (χ0n) is 15.5. The van der Waals surface area contributed by atoms with Crippen molar-refractivity contribution in [3.63, 3.8) is 0 Å². The summed E-state index contributed by atoms with van der Waals surface area (Å²) in [6.45, 7) is 9.43. The second-order valence-electron chi connectivity index (χ2n) is 6.94. The second kappa shape index (κ2) is 8.67. The minimum absolute atomic E-state index is 0.0676. The van der Waals surface area contributed by atoms with E-state index in [0.29, 0.717) is 26.2 Å². The molecule has 0 amide bonds. The molecule has 0 aliphatic carbocycles. The van der Waals surface area contributed by atoms with E-state index in [9.17, 15) is 8.42 Å². The Labute approximate surface area is 151 Å². The molecule has 1 aliphatic heterocycles. The molecule has 0 bridgehead atoms. The third-order valence-electron chi connectivity index (χ3n) is 4.39. The molecule has 0 spiro atoms. The SMILES string of the molecule is CCNC(=NCC(C)(C)c1ccccc1)NCCN1CCCS1(=O)=O. The highest BCUT2D eigenvalue weighted by atomic mass is 32.2. The predicted molar refractivity (Wildman–Crippen MR) is 103 cm³/mol. The van der Waals surface area contributed by atoms with Crippen molar-refractivity contribution in [2.75, 3.05) is 38.5 Å². The zero-order chi connectivity index (χ0) is 18.3. The maximum absolute atomic E-state index is 11.8. The normalized spacial score (nSPS) is 18.3. The molecule has 25 heavy (non-hydrogen) atoms. The molecule has 1 fully saturated rings. The summed E-state index contributed by atoms with van der Waals surface area (Å²) in [6, 6.07) is 10.3. The van der Waals surface area contributed by atoms with Gasteiger partial charge in [0, 0.05) is 31.6 Å². The first-order chi connectivity index (χ1) is 11.8. The van der Waals surface area contributed by atoms with Gasteiger partial charge < -0.3 is 10.6 Å². The number of benzene rings is 1. The predicted octanol–water partition coefficient (Wildman–Crippen LogP) is 1.55. The van der Waals surface area contributed by atoms with Crippen molar-refractivity contribution in [3.05, 3.63) is 35.9 Å². The van der Waals surface area contributed by atoms with Crippen molar-refractivity contribution in [1.29, 1.82) is 0 Å². The average Bonchev–Trinajstić information content (AvgIpc) is 2.92. The Balaban J connectivity index is 1.92. The Kier molecular flexibility index (Phi) is 6.84. The van der Waals surface area contributed by atoms with Gasteiger partial charge in [0.05, 0.1) is 12.3 Å². The number of guanidine groups is 1. The average molecular weight is 367 g/mol. The molecule has 2 N–H and O–H groups in total. The lowest BCUT2D eigenvalue weighted by Gasteiger charge is -2.24. The summed E-state index contributed by atoms with van der Waals surface area (Å²) in [5.74, 6) is 0.995. The van der Waals surface area contributed by atoms with Crippen LogP contribution in [0.2, 0.25) is 0 Å². The van der Waals surface area contributed by atoms with Crippen LogP contribution in [0, 0.1) is 0 Å². The van der Waals surface area contributed by atoms with E-state index in [-0.39, 0.29) is 11.2 Å². The summed E-state index contributed by atoms with van der Waals surface area (Å²) >= 11 is 0. The first-order valence-electron chi connectivity index (χ1n) is 8.91. The molecule has 7 heteroatoms. The lowest BCUT2D eigenvalue weighted by molar-refractivity contribution is 0.444. The first kappa shape index (κ1) is 19.7. The number of nitrogens with zero attached hydrogens (tertiary/aromatic N) is 2. The van der Waals surface area contributed by atoms with Crippen molar-refractivity contribution < 1.29 is 8.42 Å². The fraction of sp³-hybridized carbons (Fsp3) is 0.611. The number of rotatable bonds is 7. The van der Waals surface area contributed by atoms with Crippen molar-refractivity contribution in [2.24, 2.45) is 4.99 Å². The number of hydrogen-bond acceptors (Lipinski definition) is 3. The molecular formula is C18H30N4O2S. The van der Waals surface area contributed by atoms with E-state index >= 15 is 0 Å². The molecule has 6 nitrogen and oxygen atoms in total. The number of nitrogens with one attached hydrogen (secondary N) is 2. The van der Waals surface area contributed by atoms with Gasteiger partial charge >= 0.3 is 0 Å². The summed E-state index contributed by atoms with van der Waals surface area (Å²) in [5, 5.41) is 6.47. The summed E-state index contributed by atoms with van der Waals surface area (Å²) in [7, 11) is -3.04. The molecule has 1 saturated heterocycles. The summed E-state index contributed by atoms with van der Waals surface area (Å²) in [4.78, 5) is 4.69. The van der Waals surface area contributed by atoms with Gasteiger partial charge in [0.25, 0.3) is 0 Å². The molecule has 1 aromatic rings. The van der Waals surface area contributed by atoms with Gasteiger partial charge in [0.1, 0.15) is 0 Å². The Bertz CT molecular complexity index is 672. The Morgan fingerprint density at radius 3 is 2.56 bits per heavy atom. The summed E-state index contributed by atoms with van der Waals surface area (Å²) < 4.78 is 25.2. The van der Waals surface area contributed by atoms with E-state index in [1.165, 1.54) is 5.56 Å². The van der Waals surface area contributed by atoms with E-state index < -0.39 is 10.0 Å². The molecule has 1 aliphatic rings. The first-order valence-corrected chi connectivity index (χ1v) is 10.5. The van der Waals surface area contributed by atoms with E-state index in [4.69, 9.17) is 0 Å². The molecule has 0 saturated carbocycles. The molecule has 0 unspecified atom stereocenters. The Morgan fingerprint density at radius 1 is 1.24 bits per heavy atom. The zero-order valence-corrected chi connectivity index (χ0v) is 16.3. The van der Waals surface area contributed by atoms with Gasteiger partial charge in [-0.05, 0) is 18.9 Å². The van der Waals surface area contributed by atoms with Crippen LogP contribution < -0.4 is 10.6 Å². The number of hydrogen-bond donors (Lipinski definition) is 2. The van der Waals surface area contributed by atoms with Crippen LogP contribution >= 0.6 is 0 Å².